The molecule has 3 aromatic rings. The average Bonchev–Trinajstić information content (AvgIpc) is 3.24. The summed E-state index contributed by atoms with van der Waals surface area (Å²) in [6.45, 7) is 3.88. The topological polar surface area (TPSA) is 117 Å². The summed E-state index contributed by atoms with van der Waals surface area (Å²) in [5.41, 5.74) is 9.93. The Kier molecular flexibility index (Phi) is 3.37. The van der Waals surface area contributed by atoms with Crippen molar-refractivity contribution in [1.82, 2.24) is 10.2 Å². The second-order valence-corrected chi connectivity index (χ2v) is 7.31. The van der Waals surface area contributed by atoms with E-state index in [1.54, 1.807) is 0 Å². The number of hydrogen-bond donors (Lipinski definition) is 3. The Morgan fingerprint density at radius 1 is 1.21 bits per heavy atom. The van der Waals surface area contributed by atoms with Crippen molar-refractivity contribution in [1.29, 1.82) is 5.26 Å². The van der Waals surface area contributed by atoms with Crippen molar-refractivity contribution in [2.75, 3.05) is 5.32 Å². The van der Waals surface area contributed by atoms with Gasteiger partial charge in [0.15, 0.2) is 0 Å². The zero-order chi connectivity index (χ0) is 20.3. The summed E-state index contributed by atoms with van der Waals surface area (Å²) in [6.07, 6.45) is 0. The Morgan fingerprint density at radius 2 is 1.97 bits per heavy atom. The van der Waals surface area contributed by atoms with E-state index in [9.17, 15) is 10.1 Å². The van der Waals surface area contributed by atoms with Crippen molar-refractivity contribution in [3.63, 3.8) is 0 Å². The number of nitriles is 1. The summed E-state index contributed by atoms with van der Waals surface area (Å²) in [5, 5.41) is 20.2. The van der Waals surface area contributed by atoms with E-state index in [1.807, 2.05) is 56.3 Å². The smallest absolute Gasteiger partial charge is 0.245 e. The predicted octanol–water partition coefficient (Wildman–Crippen LogP) is 3.02. The molecular weight excluding hydrogens is 366 g/mol. The molecule has 1 atom stereocenters. The molecule has 4 N–H and O–H groups in total. The van der Waals surface area contributed by atoms with Crippen LogP contribution in [0.15, 0.2) is 53.9 Å². The van der Waals surface area contributed by atoms with Crippen molar-refractivity contribution >= 4 is 11.6 Å². The largest absolute Gasteiger partial charge is 0.420 e. The van der Waals surface area contributed by atoms with Gasteiger partial charge in [-0.2, -0.15) is 5.26 Å². The van der Waals surface area contributed by atoms with E-state index in [-0.39, 0.29) is 23.2 Å². The molecule has 1 amide bonds. The van der Waals surface area contributed by atoms with Crippen molar-refractivity contribution < 1.29 is 9.53 Å². The molecular formula is C22H17N5O2. The van der Waals surface area contributed by atoms with Gasteiger partial charge in [-0.05, 0) is 19.4 Å². The molecule has 7 nitrogen and oxygen atoms in total. The van der Waals surface area contributed by atoms with Crippen LogP contribution in [0, 0.1) is 25.2 Å². The number of H-pyrrole nitrogens is 1. The Balaban J connectivity index is 1.94. The number of rotatable bonds is 1. The van der Waals surface area contributed by atoms with E-state index < -0.39 is 5.41 Å². The SMILES string of the molecule is Cc1cc(C)c2c(c1)C1(C(=O)N2)C(C#N)=C(N)Oc2n[nH]c(-c3ccccc3)c21. The van der Waals surface area contributed by atoms with Crippen LogP contribution in [0.2, 0.25) is 0 Å². The molecule has 0 fully saturated rings. The third-order valence-corrected chi connectivity index (χ3v) is 5.57. The lowest BCUT2D eigenvalue weighted by Crippen LogP contribution is -2.42. The zero-order valence-corrected chi connectivity index (χ0v) is 15.8. The first-order chi connectivity index (χ1) is 14.0. The maximum atomic E-state index is 13.6. The van der Waals surface area contributed by atoms with E-state index in [4.69, 9.17) is 10.5 Å². The number of nitrogens with one attached hydrogen (secondary N) is 2. The van der Waals surface area contributed by atoms with Crippen LogP contribution in [-0.4, -0.2) is 16.1 Å². The molecule has 7 heteroatoms. The second kappa shape index (κ2) is 5.72. The third-order valence-electron chi connectivity index (χ3n) is 5.57. The molecule has 0 saturated heterocycles. The number of benzene rings is 2. The van der Waals surface area contributed by atoms with Gasteiger partial charge in [0.05, 0.1) is 11.3 Å². The number of aromatic amines is 1. The van der Waals surface area contributed by atoms with Gasteiger partial charge < -0.3 is 15.8 Å². The van der Waals surface area contributed by atoms with Crippen LogP contribution >= 0.6 is 0 Å². The predicted molar refractivity (Wildman–Crippen MR) is 107 cm³/mol. The summed E-state index contributed by atoms with van der Waals surface area (Å²) in [6, 6.07) is 15.5. The number of carbonyl (C=O) groups excluding carboxylic acids is 1. The van der Waals surface area contributed by atoms with E-state index in [1.165, 1.54) is 0 Å². The Hall–Kier alpha value is -4.05. The van der Waals surface area contributed by atoms with Crippen LogP contribution in [0.5, 0.6) is 5.88 Å². The van der Waals surface area contributed by atoms with Crippen LogP contribution in [0.1, 0.15) is 22.3 Å². The molecule has 1 aromatic heterocycles. The van der Waals surface area contributed by atoms with Crippen LogP contribution in [0.3, 0.4) is 0 Å². The van der Waals surface area contributed by atoms with Gasteiger partial charge >= 0.3 is 0 Å². The number of amides is 1. The number of hydrogen-bond acceptors (Lipinski definition) is 5. The second-order valence-electron chi connectivity index (χ2n) is 7.31. The summed E-state index contributed by atoms with van der Waals surface area (Å²) >= 11 is 0. The highest BCUT2D eigenvalue weighted by Crippen LogP contribution is 2.55. The molecule has 1 spiro atoms. The molecule has 0 saturated carbocycles. The van der Waals surface area contributed by atoms with Gasteiger partial charge in [0.1, 0.15) is 17.1 Å². The van der Waals surface area contributed by atoms with Crippen LogP contribution < -0.4 is 15.8 Å². The van der Waals surface area contributed by atoms with Crippen LogP contribution in [-0.2, 0) is 10.2 Å². The minimum atomic E-state index is -1.43. The summed E-state index contributed by atoms with van der Waals surface area (Å²) in [7, 11) is 0. The van der Waals surface area contributed by atoms with Crippen LogP contribution in [0.4, 0.5) is 5.69 Å². The van der Waals surface area contributed by atoms with Gasteiger partial charge in [-0.1, -0.05) is 48.0 Å². The summed E-state index contributed by atoms with van der Waals surface area (Å²) in [4.78, 5) is 13.6. The van der Waals surface area contributed by atoms with E-state index in [0.717, 1.165) is 16.7 Å². The van der Waals surface area contributed by atoms with Gasteiger partial charge in [-0.15, -0.1) is 5.10 Å². The van der Waals surface area contributed by atoms with E-state index in [0.29, 0.717) is 22.5 Å². The molecule has 0 aliphatic carbocycles. The highest BCUT2D eigenvalue weighted by molar-refractivity contribution is 6.14. The number of aromatic nitrogens is 2. The zero-order valence-electron chi connectivity index (χ0n) is 15.8. The first-order valence-electron chi connectivity index (χ1n) is 9.14. The van der Waals surface area contributed by atoms with Crippen molar-refractivity contribution in [2.24, 2.45) is 5.73 Å². The molecule has 29 heavy (non-hydrogen) atoms. The van der Waals surface area contributed by atoms with Gasteiger partial charge in [0, 0.05) is 16.8 Å². The monoisotopic (exact) mass is 383 g/mol. The maximum Gasteiger partial charge on any atom is 0.245 e. The Morgan fingerprint density at radius 3 is 2.69 bits per heavy atom. The molecule has 142 valence electrons. The molecule has 5 rings (SSSR count). The Bertz CT molecular complexity index is 1270. The lowest BCUT2D eigenvalue weighted by atomic mass is 9.68. The minimum Gasteiger partial charge on any atom is -0.420 e. The Labute approximate surface area is 166 Å². The lowest BCUT2D eigenvalue weighted by molar-refractivity contribution is -0.118. The summed E-state index contributed by atoms with van der Waals surface area (Å²) < 4.78 is 5.66. The number of anilines is 1. The van der Waals surface area contributed by atoms with Crippen molar-refractivity contribution in [3.8, 4) is 23.2 Å². The van der Waals surface area contributed by atoms with Crippen molar-refractivity contribution in [2.45, 2.75) is 19.3 Å². The van der Waals surface area contributed by atoms with Gasteiger partial charge in [0.25, 0.3) is 0 Å². The third kappa shape index (κ3) is 2.05. The molecule has 2 aromatic carbocycles. The van der Waals surface area contributed by atoms with Crippen molar-refractivity contribution in [3.05, 3.63) is 76.2 Å². The van der Waals surface area contributed by atoms with Gasteiger partial charge in [0.2, 0.25) is 17.7 Å². The standard InChI is InChI=1S/C22H17N5O2/c1-11-8-12(2)17-14(9-11)22(21(28)25-17)15(10-23)19(24)29-20-16(22)18(26-27-20)13-6-4-3-5-7-13/h3-9H,24H2,1-2H3,(H,25,28)(H,26,27). The molecule has 2 aliphatic heterocycles. The number of carbonyl (C=O) groups is 1. The fourth-order valence-electron chi connectivity index (χ4n) is 4.42. The molecule has 0 radical (unpaired) electrons. The quantitative estimate of drug-likeness (QED) is 0.597. The molecule has 1 unspecified atom stereocenters. The van der Waals surface area contributed by atoms with Gasteiger partial charge in [-0.3, -0.25) is 9.89 Å². The fourth-order valence-corrected chi connectivity index (χ4v) is 4.42. The average molecular weight is 383 g/mol. The maximum absolute atomic E-state index is 13.6. The van der Waals surface area contributed by atoms with Crippen LogP contribution in [0.25, 0.3) is 11.3 Å². The lowest BCUT2D eigenvalue weighted by Gasteiger charge is -2.32. The first kappa shape index (κ1) is 17.1. The normalized spacial score (nSPS) is 19.4. The first-order valence-corrected chi connectivity index (χ1v) is 9.14. The number of fused-ring (bicyclic) bond motifs is 4. The number of nitrogens with two attached hydrogens (primary N) is 1. The molecule has 3 heterocycles. The number of aryl methyl sites for hydroxylation is 2. The highest BCUT2D eigenvalue weighted by Gasteiger charge is 2.59. The molecule has 0 bridgehead atoms. The minimum absolute atomic E-state index is 0.0600. The fraction of sp³-hybridized carbons (Fsp3) is 0.136. The highest BCUT2D eigenvalue weighted by atomic mass is 16.5. The van der Waals surface area contributed by atoms with E-state index >= 15 is 0 Å². The number of nitrogens with zero attached hydrogens (tertiary/aromatic N) is 2. The number of ether oxygens (including phenoxy) is 1. The van der Waals surface area contributed by atoms with E-state index in [2.05, 4.69) is 21.6 Å². The van der Waals surface area contributed by atoms with Gasteiger partial charge in [-0.25, -0.2) is 0 Å². The molecule has 2 aliphatic rings. The summed E-state index contributed by atoms with van der Waals surface area (Å²) in [5.74, 6) is -0.264.